The molecule has 0 aliphatic carbocycles. The van der Waals surface area contributed by atoms with E-state index in [-0.39, 0.29) is 12.0 Å². The smallest absolute Gasteiger partial charge is 0.324 e. The average Bonchev–Trinajstić information content (AvgIpc) is 2.52. The van der Waals surface area contributed by atoms with Crippen molar-refractivity contribution < 1.29 is 9.53 Å². The normalized spacial score (nSPS) is 12.7. The molecule has 0 fully saturated rings. The van der Waals surface area contributed by atoms with Crippen LogP contribution in [0.2, 0.25) is 0 Å². The van der Waals surface area contributed by atoms with E-state index in [1.165, 1.54) is 0 Å². The van der Waals surface area contributed by atoms with Crippen LogP contribution in [0.25, 0.3) is 0 Å². The van der Waals surface area contributed by atoms with Crippen LogP contribution in [-0.2, 0) is 22.5 Å². The van der Waals surface area contributed by atoms with E-state index in [9.17, 15) is 4.79 Å². The standard InChI is InChI=1S/C20H24BrNO2/c1-20(2,3)24-19(23)18(13-15-9-11-17(21)12-10-15)22-14-16-7-5-4-6-8-16/h4-12,18,22H,13-14H2,1-3H3/t18-/m0/s1. The molecular weight excluding hydrogens is 366 g/mol. The zero-order valence-electron chi connectivity index (χ0n) is 14.4. The van der Waals surface area contributed by atoms with Gasteiger partial charge in [-0.05, 0) is 50.5 Å². The molecule has 3 nitrogen and oxygen atoms in total. The van der Waals surface area contributed by atoms with E-state index in [0.717, 1.165) is 15.6 Å². The predicted octanol–water partition coefficient (Wildman–Crippen LogP) is 4.49. The minimum atomic E-state index is -0.497. The Bertz CT molecular complexity index is 648. The predicted molar refractivity (Wildman–Crippen MR) is 101 cm³/mol. The van der Waals surface area contributed by atoms with Gasteiger partial charge in [-0.25, -0.2) is 0 Å². The summed E-state index contributed by atoms with van der Waals surface area (Å²) in [5.41, 5.74) is 1.74. The van der Waals surface area contributed by atoms with Crippen LogP contribution in [-0.4, -0.2) is 17.6 Å². The number of carbonyl (C=O) groups excluding carboxylic acids is 1. The molecule has 2 aromatic carbocycles. The first-order chi connectivity index (χ1) is 11.3. The van der Waals surface area contributed by atoms with Gasteiger partial charge >= 0.3 is 5.97 Å². The van der Waals surface area contributed by atoms with Gasteiger partial charge in [-0.1, -0.05) is 58.4 Å². The van der Waals surface area contributed by atoms with Gasteiger partial charge in [-0.3, -0.25) is 4.79 Å². The molecule has 0 aliphatic rings. The van der Waals surface area contributed by atoms with Crippen LogP contribution in [0.5, 0.6) is 0 Å². The molecule has 0 heterocycles. The summed E-state index contributed by atoms with van der Waals surface area (Å²) >= 11 is 3.43. The first-order valence-electron chi connectivity index (χ1n) is 8.08. The van der Waals surface area contributed by atoms with Crippen molar-refractivity contribution in [2.24, 2.45) is 0 Å². The van der Waals surface area contributed by atoms with Crippen molar-refractivity contribution >= 4 is 21.9 Å². The first kappa shape index (κ1) is 18.7. The number of esters is 1. The number of halogens is 1. The van der Waals surface area contributed by atoms with Gasteiger partial charge in [0.05, 0.1) is 0 Å². The number of hydrogen-bond acceptors (Lipinski definition) is 3. The molecule has 128 valence electrons. The van der Waals surface area contributed by atoms with Crippen LogP contribution >= 0.6 is 15.9 Å². The Balaban J connectivity index is 2.08. The maximum Gasteiger partial charge on any atom is 0.324 e. The molecule has 1 N–H and O–H groups in total. The monoisotopic (exact) mass is 389 g/mol. The van der Waals surface area contributed by atoms with E-state index < -0.39 is 5.60 Å². The molecule has 0 aromatic heterocycles. The molecule has 0 saturated carbocycles. The summed E-state index contributed by atoms with van der Waals surface area (Å²) in [6.45, 7) is 6.29. The summed E-state index contributed by atoms with van der Waals surface area (Å²) < 4.78 is 6.60. The molecule has 2 aromatic rings. The van der Waals surface area contributed by atoms with Gasteiger partial charge in [0.1, 0.15) is 11.6 Å². The fourth-order valence-electron chi connectivity index (χ4n) is 2.30. The van der Waals surface area contributed by atoms with Crippen molar-refractivity contribution in [3.8, 4) is 0 Å². The minimum Gasteiger partial charge on any atom is -0.459 e. The average molecular weight is 390 g/mol. The Morgan fingerprint density at radius 2 is 1.67 bits per heavy atom. The highest BCUT2D eigenvalue weighted by molar-refractivity contribution is 9.10. The van der Waals surface area contributed by atoms with Crippen LogP contribution in [0.4, 0.5) is 0 Å². The van der Waals surface area contributed by atoms with Gasteiger partial charge in [0.25, 0.3) is 0 Å². The Labute approximate surface area is 152 Å². The van der Waals surface area contributed by atoms with Crippen LogP contribution < -0.4 is 5.32 Å². The number of rotatable bonds is 6. The topological polar surface area (TPSA) is 38.3 Å². The largest absolute Gasteiger partial charge is 0.459 e. The lowest BCUT2D eigenvalue weighted by molar-refractivity contribution is -0.157. The third kappa shape index (κ3) is 6.46. The molecule has 0 bridgehead atoms. The Hall–Kier alpha value is -1.65. The van der Waals surface area contributed by atoms with E-state index >= 15 is 0 Å². The van der Waals surface area contributed by atoms with Crippen molar-refractivity contribution in [3.05, 3.63) is 70.2 Å². The molecule has 2 rings (SSSR count). The van der Waals surface area contributed by atoms with Gasteiger partial charge in [0, 0.05) is 11.0 Å². The van der Waals surface area contributed by atoms with Crippen LogP contribution in [0.1, 0.15) is 31.9 Å². The second kappa shape index (κ2) is 8.45. The summed E-state index contributed by atoms with van der Waals surface area (Å²) in [5, 5.41) is 3.34. The molecule has 1 atom stereocenters. The molecule has 0 saturated heterocycles. The van der Waals surface area contributed by atoms with E-state index in [2.05, 4.69) is 21.2 Å². The van der Waals surface area contributed by atoms with Crippen LogP contribution in [0, 0.1) is 0 Å². The second-order valence-electron chi connectivity index (χ2n) is 6.78. The summed E-state index contributed by atoms with van der Waals surface area (Å²) in [4.78, 5) is 12.6. The minimum absolute atomic E-state index is 0.221. The maximum atomic E-state index is 12.6. The summed E-state index contributed by atoms with van der Waals surface area (Å²) in [6.07, 6.45) is 0.592. The van der Waals surface area contributed by atoms with Crippen LogP contribution in [0.3, 0.4) is 0 Å². The van der Waals surface area contributed by atoms with E-state index in [0.29, 0.717) is 13.0 Å². The van der Waals surface area contributed by atoms with Crippen molar-refractivity contribution in [1.82, 2.24) is 5.32 Å². The summed E-state index contributed by atoms with van der Waals surface area (Å²) in [7, 11) is 0. The van der Waals surface area contributed by atoms with Gasteiger partial charge in [0.15, 0.2) is 0 Å². The number of ether oxygens (including phenoxy) is 1. The Morgan fingerprint density at radius 3 is 2.25 bits per heavy atom. The molecule has 0 unspecified atom stereocenters. The Kier molecular flexibility index (Phi) is 6.58. The quantitative estimate of drug-likeness (QED) is 0.739. The highest BCUT2D eigenvalue weighted by Crippen LogP contribution is 2.15. The molecule has 0 aliphatic heterocycles. The van der Waals surface area contributed by atoms with Crippen molar-refractivity contribution in [2.75, 3.05) is 0 Å². The van der Waals surface area contributed by atoms with Crippen molar-refractivity contribution in [3.63, 3.8) is 0 Å². The lowest BCUT2D eigenvalue weighted by Gasteiger charge is -2.25. The lowest BCUT2D eigenvalue weighted by atomic mass is 10.0. The van der Waals surface area contributed by atoms with E-state index in [1.807, 2.05) is 75.4 Å². The number of benzene rings is 2. The fraction of sp³-hybridized carbons (Fsp3) is 0.350. The summed E-state index contributed by atoms with van der Waals surface area (Å²) in [6, 6.07) is 17.7. The van der Waals surface area contributed by atoms with E-state index in [1.54, 1.807) is 0 Å². The zero-order valence-corrected chi connectivity index (χ0v) is 16.0. The maximum absolute atomic E-state index is 12.6. The summed E-state index contributed by atoms with van der Waals surface area (Å²) in [5.74, 6) is -0.221. The molecule has 4 heteroatoms. The molecule has 24 heavy (non-hydrogen) atoms. The number of carbonyl (C=O) groups is 1. The fourth-order valence-corrected chi connectivity index (χ4v) is 2.57. The van der Waals surface area contributed by atoms with Gasteiger partial charge in [-0.15, -0.1) is 0 Å². The van der Waals surface area contributed by atoms with Gasteiger partial charge in [-0.2, -0.15) is 0 Å². The SMILES string of the molecule is CC(C)(C)OC(=O)[C@H](Cc1ccc(Br)cc1)NCc1ccccc1. The third-order valence-electron chi connectivity index (χ3n) is 3.44. The zero-order chi connectivity index (χ0) is 17.6. The number of hydrogen-bond donors (Lipinski definition) is 1. The molecule has 0 radical (unpaired) electrons. The van der Waals surface area contributed by atoms with Crippen LogP contribution in [0.15, 0.2) is 59.1 Å². The highest BCUT2D eigenvalue weighted by Gasteiger charge is 2.25. The number of nitrogens with one attached hydrogen (secondary N) is 1. The molecule has 0 spiro atoms. The van der Waals surface area contributed by atoms with Crippen molar-refractivity contribution in [2.45, 2.75) is 45.4 Å². The second-order valence-corrected chi connectivity index (χ2v) is 7.70. The molecule has 0 amide bonds. The van der Waals surface area contributed by atoms with Gasteiger partial charge in [0.2, 0.25) is 0 Å². The highest BCUT2D eigenvalue weighted by atomic mass is 79.9. The Morgan fingerprint density at radius 1 is 1.04 bits per heavy atom. The molecular formula is C20H24BrNO2. The van der Waals surface area contributed by atoms with Crippen molar-refractivity contribution in [1.29, 1.82) is 0 Å². The lowest BCUT2D eigenvalue weighted by Crippen LogP contribution is -2.42. The third-order valence-corrected chi connectivity index (χ3v) is 3.97. The first-order valence-corrected chi connectivity index (χ1v) is 8.87. The van der Waals surface area contributed by atoms with Gasteiger partial charge < -0.3 is 10.1 Å². The van der Waals surface area contributed by atoms with E-state index in [4.69, 9.17) is 4.74 Å².